The number of aromatic nitrogens is 2. The quantitative estimate of drug-likeness (QED) is 0.758. The Morgan fingerprint density at radius 2 is 2.33 bits per heavy atom. The summed E-state index contributed by atoms with van der Waals surface area (Å²) in [5.41, 5.74) is 2.00. The molecule has 1 aromatic heterocycles. The molecule has 2 heterocycles. The van der Waals surface area contributed by atoms with E-state index in [1.807, 2.05) is 0 Å². The van der Waals surface area contributed by atoms with Gasteiger partial charge in [-0.25, -0.2) is 4.79 Å². The molecule has 5 heteroatoms. The summed E-state index contributed by atoms with van der Waals surface area (Å²) in [6.45, 7) is 5.88. The SMILES string of the molecule is CC(C)N1CCc2[nH]nc(C(=O)O)c2C1. The summed E-state index contributed by atoms with van der Waals surface area (Å²) in [5.74, 6) is -0.946. The Kier molecular flexibility index (Phi) is 2.48. The molecule has 0 saturated carbocycles. The molecular formula is C10H15N3O2. The van der Waals surface area contributed by atoms with E-state index < -0.39 is 5.97 Å². The first-order chi connectivity index (χ1) is 7.09. The van der Waals surface area contributed by atoms with Crippen LogP contribution in [0.2, 0.25) is 0 Å². The molecule has 0 amide bonds. The molecule has 0 fully saturated rings. The molecule has 0 spiro atoms. The third-order valence-corrected chi connectivity index (χ3v) is 2.90. The lowest BCUT2D eigenvalue weighted by Gasteiger charge is -2.30. The van der Waals surface area contributed by atoms with Crippen LogP contribution in [0.25, 0.3) is 0 Å². The van der Waals surface area contributed by atoms with E-state index in [4.69, 9.17) is 5.11 Å². The van der Waals surface area contributed by atoms with Gasteiger partial charge in [0, 0.05) is 36.8 Å². The second kappa shape index (κ2) is 3.66. The number of H-pyrrole nitrogens is 1. The summed E-state index contributed by atoms with van der Waals surface area (Å²) < 4.78 is 0. The van der Waals surface area contributed by atoms with Crippen LogP contribution in [0.4, 0.5) is 0 Å². The Labute approximate surface area is 88.1 Å². The van der Waals surface area contributed by atoms with E-state index in [2.05, 4.69) is 28.9 Å². The molecule has 15 heavy (non-hydrogen) atoms. The van der Waals surface area contributed by atoms with Crippen molar-refractivity contribution in [2.24, 2.45) is 0 Å². The molecule has 5 nitrogen and oxygen atoms in total. The molecule has 1 aliphatic heterocycles. The van der Waals surface area contributed by atoms with Crippen molar-refractivity contribution in [3.63, 3.8) is 0 Å². The van der Waals surface area contributed by atoms with Crippen LogP contribution in [0.15, 0.2) is 0 Å². The van der Waals surface area contributed by atoms with Crippen molar-refractivity contribution in [1.82, 2.24) is 15.1 Å². The first-order valence-corrected chi connectivity index (χ1v) is 5.13. The average molecular weight is 209 g/mol. The summed E-state index contributed by atoms with van der Waals surface area (Å²) in [6.07, 6.45) is 0.855. The maximum atomic E-state index is 10.9. The van der Waals surface area contributed by atoms with Crippen LogP contribution < -0.4 is 0 Å². The number of aromatic carboxylic acids is 1. The molecule has 2 N–H and O–H groups in total. The molecule has 0 aromatic carbocycles. The fourth-order valence-electron chi connectivity index (χ4n) is 1.93. The third kappa shape index (κ3) is 1.74. The average Bonchev–Trinajstić information content (AvgIpc) is 2.59. The molecule has 1 aromatic rings. The van der Waals surface area contributed by atoms with Gasteiger partial charge in [0.25, 0.3) is 0 Å². The minimum absolute atomic E-state index is 0.176. The summed E-state index contributed by atoms with van der Waals surface area (Å²) in [5, 5.41) is 15.6. The van der Waals surface area contributed by atoms with Gasteiger partial charge < -0.3 is 5.11 Å². The van der Waals surface area contributed by atoms with Gasteiger partial charge in [-0.15, -0.1) is 0 Å². The Hall–Kier alpha value is -1.36. The van der Waals surface area contributed by atoms with E-state index >= 15 is 0 Å². The monoisotopic (exact) mass is 209 g/mol. The first-order valence-electron chi connectivity index (χ1n) is 5.13. The molecule has 0 aliphatic carbocycles. The van der Waals surface area contributed by atoms with Gasteiger partial charge in [0.05, 0.1) is 0 Å². The van der Waals surface area contributed by atoms with Crippen molar-refractivity contribution in [2.45, 2.75) is 32.9 Å². The fraction of sp³-hybridized carbons (Fsp3) is 0.600. The minimum Gasteiger partial charge on any atom is -0.476 e. The van der Waals surface area contributed by atoms with Gasteiger partial charge in [0.15, 0.2) is 5.69 Å². The van der Waals surface area contributed by atoms with Crippen LogP contribution in [-0.2, 0) is 13.0 Å². The molecule has 0 atom stereocenters. The Morgan fingerprint density at radius 3 is 2.93 bits per heavy atom. The number of rotatable bonds is 2. The molecule has 0 unspecified atom stereocenters. The van der Waals surface area contributed by atoms with Gasteiger partial charge in [-0.3, -0.25) is 10.00 Å². The maximum Gasteiger partial charge on any atom is 0.356 e. The molecule has 0 saturated heterocycles. The van der Waals surface area contributed by atoms with Crippen LogP contribution in [0, 0.1) is 0 Å². The third-order valence-electron chi connectivity index (χ3n) is 2.90. The van der Waals surface area contributed by atoms with Crippen molar-refractivity contribution in [3.05, 3.63) is 17.0 Å². The van der Waals surface area contributed by atoms with Crippen LogP contribution in [0.3, 0.4) is 0 Å². The number of nitrogens with one attached hydrogen (secondary N) is 1. The van der Waals surface area contributed by atoms with Gasteiger partial charge in [-0.1, -0.05) is 0 Å². The Bertz CT molecular complexity index is 384. The lowest BCUT2D eigenvalue weighted by atomic mass is 10.0. The smallest absolute Gasteiger partial charge is 0.356 e. The lowest BCUT2D eigenvalue weighted by molar-refractivity contribution is 0.0687. The van der Waals surface area contributed by atoms with Gasteiger partial charge in [-0.05, 0) is 13.8 Å². The van der Waals surface area contributed by atoms with Gasteiger partial charge in [0.1, 0.15) is 0 Å². The largest absolute Gasteiger partial charge is 0.476 e. The Morgan fingerprint density at radius 1 is 1.60 bits per heavy atom. The molecule has 0 radical (unpaired) electrons. The van der Waals surface area contributed by atoms with Crippen LogP contribution in [0.1, 0.15) is 35.6 Å². The highest BCUT2D eigenvalue weighted by Gasteiger charge is 2.25. The van der Waals surface area contributed by atoms with Crippen molar-refractivity contribution in [1.29, 1.82) is 0 Å². The predicted octanol–water partition coefficient (Wildman–Crippen LogP) is 0.874. The van der Waals surface area contributed by atoms with Crippen LogP contribution in [-0.4, -0.2) is 38.8 Å². The number of carbonyl (C=O) groups is 1. The minimum atomic E-state index is -0.946. The molecule has 82 valence electrons. The molecular weight excluding hydrogens is 194 g/mol. The zero-order valence-corrected chi connectivity index (χ0v) is 8.95. The number of aromatic amines is 1. The van der Waals surface area contributed by atoms with E-state index in [1.54, 1.807) is 0 Å². The van der Waals surface area contributed by atoms with Crippen molar-refractivity contribution in [2.75, 3.05) is 6.54 Å². The highest BCUT2D eigenvalue weighted by atomic mass is 16.4. The second-order valence-electron chi connectivity index (χ2n) is 4.15. The van der Waals surface area contributed by atoms with Gasteiger partial charge >= 0.3 is 5.97 Å². The summed E-state index contributed by atoms with van der Waals surface area (Å²) in [4.78, 5) is 13.2. The topological polar surface area (TPSA) is 69.2 Å². The van der Waals surface area contributed by atoms with Gasteiger partial charge in [0.2, 0.25) is 0 Å². The maximum absolute atomic E-state index is 10.9. The van der Waals surface area contributed by atoms with E-state index in [0.29, 0.717) is 12.6 Å². The van der Waals surface area contributed by atoms with Crippen molar-refractivity contribution >= 4 is 5.97 Å². The zero-order chi connectivity index (χ0) is 11.0. The van der Waals surface area contributed by atoms with E-state index in [9.17, 15) is 4.79 Å². The molecule has 0 bridgehead atoms. The number of hydrogen-bond donors (Lipinski definition) is 2. The van der Waals surface area contributed by atoms with Crippen LogP contribution >= 0.6 is 0 Å². The number of fused-ring (bicyclic) bond motifs is 1. The summed E-state index contributed by atoms with van der Waals surface area (Å²) in [7, 11) is 0. The number of nitrogens with zero attached hydrogens (tertiary/aromatic N) is 2. The number of hydrogen-bond acceptors (Lipinski definition) is 3. The lowest BCUT2D eigenvalue weighted by Crippen LogP contribution is -2.36. The van der Waals surface area contributed by atoms with Crippen molar-refractivity contribution < 1.29 is 9.90 Å². The normalized spacial score (nSPS) is 16.7. The Balaban J connectivity index is 2.30. The molecule has 2 rings (SSSR count). The van der Waals surface area contributed by atoms with E-state index in [1.165, 1.54) is 0 Å². The highest BCUT2D eigenvalue weighted by Crippen LogP contribution is 2.21. The number of carboxylic acid groups (broad SMARTS) is 1. The fourth-order valence-corrected chi connectivity index (χ4v) is 1.93. The summed E-state index contributed by atoms with van der Waals surface area (Å²) in [6, 6.07) is 0.440. The van der Waals surface area contributed by atoms with E-state index in [0.717, 1.165) is 24.2 Å². The zero-order valence-electron chi connectivity index (χ0n) is 8.95. The first kappa shape index (κ1) is 10.2. The summed E-state index contributed by atoms with van der Waals surface area (Å²) >= 11 is 0. The standard InChI is InChI=1S/C10H15N3O2/c1-6(2)13-4-3-8-7(5-13)9(10(14)15)12-11-8/h6H,3-5H2,1-2H3,(H,11,12)(H,14,15). The predicted molar refractivity (Wildman–Crippen MR) is 54.8 cm³/mol. The van der Waals surface area contributed by atoms with Crippen LogP contribution in [0.5, 0.6) is 0 Å². The second-order valence-corrected chi connectivity index (χ2v) is 4.15. The van der Waals surface area contributed by atoms with Crippen molar-refractivity contribution in [3.8, 4) is 0 Å². The van der Waals surface area contributed by atoms with Gasteiger partial charge in [-0.2, -0.15) is 5.10 Å². The highest BCUT2D eigenvalue weighted by molar-refractivity contribution is 5.87. The van der Waals surface area contributed by atoms with E-state index in [-0.39, 0.29) is 5.69 Å². The molecule has 1 aliphatic rings. The number of carboxylic acids is 1.